The fourth-order valence-corrected chi connectivity index (χ4v) is 4.95. The molecular weight excluding hydrogens is 566 g/mol. The highest BCUT2D eigenvalue weighted by atomic mass is 32.2. The molecule has 1 amide bonds. The second-order valence-electron chi connectivity index (χ2n) is 8.87. The number of aromatic nitrogens is 4. The summed E-state index contributed by atoms with van der Waals surface area (Å²) < 4.78 is 80.4. The standard InChI is InChI=1S/C26H19F4N7O3S/c1-13-33-19-9-7-15(11-17(19)24(31)34-13)37-21(12-23(36-37)26(28,29)30)25(38)35-20-8-6-14(10-18(20)27)16-4-2-3-5-22(16)41(32,39)40/h2-12H,1H3,(H,35,38)(H2,31,33,34)(H2,32,39,40). The number of carbonyl (C=O) groups excluding carboxylic acids is 1. The van der Waals surface area contributed by atoms with Gasteiger partial charge in [-0.2, -0.15) is 18.3 Å². The average Bonchev–Trinajstić information content (AvgIpc) is 3.36. The van der Waals surface area contributed by atoms with Gasteiger partial charge in [-0.15, -0.1) is 0 Å². The van der Waals surface area contributed by atoms with Crippen molar-refractivity contribution in [3.05, 3.63) is 89.8 Å². The number of nitrogens with two attached hydrogens (primary N) is 2. The van der Waals surface area contributed by atoms with E-state index in [-0.39, 0.29) is 33.2 Å². The van der Waals surface area contributed by atoms with Crippen molar-refractivity contribution in [1.82, 2.24) is 19.7 Å². The Kier molecular flexibility index (Phi) is 6.71. The molecule has 0 fully saturated rings. The Morgan fingerprint density at radius 1 is 1.00 bits per heavy atom. The predicted octanol–water partition coefficient (Wildman–Crippen LogP) is 4.43. The number of primary sulfonamides is 1. The number of rotatable bonds is 5. The number of anilines is 2. The van der Waals surface area contributed by atoms with Gasteiger partial charge in [0.1, 0.15) is 23.2 Å². The van der Waals surface area contributed by atoms with Gasteiger partial charge in [0.05, 0.1) is 21.8 Å². The van der Waals surface area contributed by atoms with E-state index in [0.29, 0.717) is 22.8 Å². The van der Waals surface area contributed by atoms with Crippen LogP contribution < -0.4 is 16.2 Å². The summed E-state index contributed by atoms with van der Waals surface area (Å²) in [6, 6.07) is 13.9. The lowest BCUT2D eigenvalue weighted by atomic mass is 10.0. The Hall–Kier alpha value is -4.89. The molecule has 0 spiro atoms. The molecule has 0 aliphatic carbocycles. The van der Waals surface area contributed by atoms with E-state index in [1.807, 2.05) is 0 Å². The third-order valence-corrected chi connectivity index (χ3v) is 6.99. The Morgan fingerprint density at radius 3 is 2.41 bits per heavy atom. The molecule has 0 radical (unpaired) electrons. The molecule has 0 atom stereocenters. The quantitative estimate of drug-likeness (QED) is 0.257. The zero-order valence-corrected chi connectivity index (χ0v) is 21.8. The molecular formula is C26H19F4N7O3S. The number of carbonyl (C=O) groups is 1. The minimum Gasteiger partial charge on any atom is -0.383 e. The molecule has 0 unspecified atom stereocenters. The Labute approximate surface area is 229 Å². The van der Waals surface area contributed by atoms with Crippen LogP contribution in [0.1, 0.15) is 22.0 Å². The monoisotopic (exact) mass is 585 g/mol. The van der Waals surface area contributed by atoms with Crippen molar-refractivity contribution in [2.75, 3.05) is 11.1 Å². The molecule has 15 heteroatoms. The lowest BCUT2D eigenvalue weighted by molar-refractivity contribution is -0.141. The van der Waals surface area contributed by atoms with Gasteiger partial charge in [0, 0.05) is 17.0 Å². The molecule has 0 bridgehead atoms. The molecule has 2 aromatic heterocycles. The van der Waals surface area contributed by atoms with Gasteiger partial charge in [0.25, 0.3) is 5.91 Å². The smallest absolute Gasteiger partial charge is 0.383 e. The number of fused-ring (bicyclic) bond motifs is 1. The van der Waals surface area contributed by atoms with Crippen LogP contribution in [0.15, 0.2) is 71.6 Å². The number of nitrogens with one attached hydrogen (secondary N) is 1. The fraction of sp³-hybridized carbons (Fsp3) is 0.0769. The molecule has 3 aromatic carbocycles. The lowest BCUT2D eigenvalue weighted by Crippen LogP contribution is -2.18. The third-order valence-electron chi connectivity index (χ3n) is 6.02. The first-order chi connectivity index (χ1) is 19.2. The van der Waals surface area contributed by atoms with Crippen molar-refractivity contribution in [2.24, 2.45) is 5.14 Å². The number of nitrogen functional groups attached to an aromatic ring is 1. The van der Waals surface area contributed by atoms with Crippen LogP contribution in [-0.2, 0) is 16.2 Å². The molecule has 41 heavy (non-hydrogen) atoms. The molecule has 0 aliphatic heterocycles. The second kappa shape index (κ2) is 9.94. The normalized spacial score (nSPS) is 12.0. The van der Waals surface area contributed by atoms with Crippen LogP contribution in [0.5, 0.6) is 0 Å². The molecule has 5 rings (SSSR count). The number of nitrogens with zero attached hydrogens (tertiary/aromatic N) is 4. The molecule has 5 aromatic rings. The fourth-order valence-electron chi connectivity index (χ4n) is 4.19. The summed E-state index contributed by atoms with van der Waals surface area (Å²) in [5, 5.41) is 11.4. The summed E-state index contributed by atoms with van der Waals surface area (Å²) in [5.41, 5.74) is 4.42. The van der Waals surface area contributed by atoms with Gasteiger partial charge in [-0.1, -0.05) is 24.3 Å². The Morgan fingerprint density at radius 2 is 1.73 bits per heavy atom. The van der Waals surface area contributed by atoms with Gasteiger partial charge in [0.15, 0.2) is 5.69 Å². The Balaban J connectivity index is 1.53. The second-order valence-corrected chi connectivity index (χ2v) is 10.4. The van der Waals surface area contributed by atoms with Crippen molar-refractivity contribution in [2.45, 2.75) is 18.0 Å². The summed E-state index contributed by atoms with van der Waals surface area (Å²) in [4.78, 5) is 21.2. The Bertz CT molecular complexity index is 1960. The molecule has 210 valence electrons. The van der Waals surface area contributed by atoms with Gasteiger partial charge in [-0.3, -0.25) is 4.79 Å². The number of amides is 1. The molecule has 5 N–H and O–H groups in total. The van der Waals surface area contributed by atoms with Crippen molar-refractivity contribution < 1.29 is 30.8 Å². The van der Waals surface area contributed by atoms with E-state index < -0.39 is 39.3 Å². The maximum absolute atomic E-state index is 15.1. The molecule has 0 aliphatic rings. The van der Waals surface area contributed by atoms with E-state index in [1.165, 1.54) is 48.5 Å². The number of hydrogen-bond acceptors (Lipinski definition) is 7. The van der Waals surface area contributed by atoms with E-state index in [1.54, 1.807) is 6.92 Å². The molecule has 2 heterocycles. The number of aryl methyl sites for hydroxylation is 1. The van der Waals surface area contributed by atoms with Crippen LogP contribution in [0.4, 0.5) is 29.1 Å². The zero-order chi connectivity index (χ0) is 29.7. The van der Waals surface area contributed by atoms with E-state index in [9.17, 15) is 26.4 Å². The minimum atomic E-state index is -4.89. The van der Waals surface area contributed by atoms with Gasteiger partial charge < -0.3 is 11.1 Å². The highest BCUT2D eigenvalue weighted by molar-refractivity contribution is 7.89. The van der Waals surface area contributed by atoms with Crippen LogP contribution in [0.25, 0.3) is 27.7 Å². The topological polar surface area (TPSA) is 159 Å². The van der Waals surface area contributed by atoms with Gasteiger partial charge in [-0.05, 0) is 48.9 Å². The summed E-state index contributed by atoms with van der Waals surface area (Å²) >= 11 is 0. The van der Waals surface area contributed by atoms with Gasteiger partial charge in [0.2, 0.25) is 10.0 Å². The number of hydrogen-bond donors (Lipinski definition) is 3. The van der Waals surface area contributed by atoms with Gasteiger partial charge in [-0.25, -0.2) is 32.6 Å². The van der Waals surface area contributed by atoms with Crippen molar-refractivity contribution >= 4 is 38.3 Å². The molecule has 0 saturated carbocycles. The first-order valence-electron chi connectivity index (χ1n) is 11.7. The van der Waals surface area contributed by atoms with Crippen LogP contribution >= 0.6 is 0 Å². The van der Waals surface area contributed by atoms with Crippen LogP contribution in [0.3, 0.4) is 0 Å². The summed E-state index contributed by atoms with van der Waals surface area (Å²) in [5.74, 6) is -1.61. The molecule has 10 nitrogen and oxygen atoms in total. The largest absolute Gasteiger partial charge is 0.435 e. The third kappa shape index (κ3) is 5.44. The molecule has 0 saturated heterocycles. The van der Waals surface area contributed by atoms with Crippen molar-refractivity contribution in [3.63, 3.8) is 0 Å². The van der Waals surface area contributed by atoms with Crippen molar-refractivity contribution in [1.29, 1.82) is 0 Å². The van der Waals surface area contributed by atoms with E-state index >= 15 is 4.39 Å². The number of benzene rings is 3. The first kappa shape index (κ1) is 27.7. The zero-order valence-electron chi connectivity index (χ0n) is 20.9. The van der Waals surface area contributed by atoms with E-state index in [4.69, 9.17) is 10.9 Å². The SMILES string of the molecule is Cc1nc(N)c2cc(-n3nc(C(F)(F)F)cc3C(=O)Nc3ccc(-c4ccccc4S(N)(=O)=O)cc3F)ccc2n1. The van der Waals surface area contributed by atoms with Crippen molar-refractivity contribution in [3.8, 4) is 16.8 Å². The lowest BCUT2D eigenvalue weighted by Gasteiger charge is -2.12. The maximum Gasteiger partial charge on any atom is 0.435 e. The predicted molar refractivity (Wildman–Crippen MR) is 142 cm³/mol. The number of sulfonamides is 1. The highest BCUT2D eigenvalue weighted by Crippen LogP contribution is 2.32. The summed E-state index contributed by atoms with van der Waals surface area (Å²) in [7, 11) is -4.13. The van der Waals surface area contributed by atoms with Crippen LogP contribution in [-0.4, -0.2) is 34.1 Å². The van der Waals surface area contributed by atoms with Crippen LogP contribution in [0.2, 0.25) is 0 Å². The minimum absolute atomic E-state index is 0.0488. The van der Waals surface area contributed by atoms with E-state index in [0.717, 1.165) is 16.8 Å². The van der Waals surface area contributed by atoms with Crippen LogP contribution in [0, 0.1) is 12.7 Å². The summed E-state index contributed by atoms with van der Waals surface area (Å²) in [6.07, 6.45) is -4.89. The average molecular weight is 586 g/mol. The highest BCUT2D eigenvalue weighted by Gasteiger charge is 2.36. The number of alkyl halides is 3. The first-order valence-corrected chi connectivity index (χ1v) is 13.2. The van der Waals surface area contributed by atoms with Gasteiger partial charge >= 0.3 is 6.18 Å². The maximum atomic E-state index is 15.1. The number of halogens is 4. The van der Waals surface area contributed by atoms with E-state index in [2.05, 4.69) is 20.4 Å². The summed E-state index contributed by atoms with van der Waals surface area (Å²) in [6.45, 7) is 1.62.